The number of alkyl halides is 3. The number of rotatable bonds is 7. The monoisotopic (exact) mass is 582 g/mol. The van der Waals surface area contributed by atoms with Gasteiger partial charge in [-0.25, -0.2) is 4.98 Å². The Labute approximate surface area is 233 Å². The fourth-order valence-corrected chi connectivity index (χ4v) is 5.62. The smallest absolute Gasteiger partial charge is 0.375 e. The number of halogens is 4. The average Bonchev–Trinajstić information content (AvgIpc) is 3.54. The Bertz CT molecular complexity index is 1350. The third kappa shape index (κ3) is 5.60. The Hall–Kier alpha value is -3.00. The SMILES string of the molecule is CO[C@@H](C)c1c(Nc2ccc([C@H](N(C)C(=O)C3CCC4(CC3)OCCO4)C(F)(F)F)cc2)cnc2nc(Cl)nn12. The molecule has 40 heavy (non-hydrogen) atoms. The van der Waals surface area contributed by atoms with Crippen molar-refractivity contribution in [2.45, 2.75) is 56.7 Å². The molecule has 10 nitrogen and oxygen atoms in total. The van der Waals surface area contributed by atoms with E-state index < -0.39 is 35.9 Å². The number of benzene rings is 1. The Morgan fingerprint density at radius 2 is 1.88 bits per heavy atom. The molecule has 3 heterocycles. The molecule has 3 aromatic rings. The predicted octanol–water partition coefficient (Wildman–Crippen LogP) is 5.22. The van der Waals surface area contributed by atoms with Crippen LogP contribution in [0, 0.1) is 5.92 Å². The first-order chi connectivity index (χ1) is 19.0. The van der Waals surface area contributed by atoms with Crippen molar-refractivity contribution in [3.63, 3.8) is 0 Å². The highest BCUT2D eigenvalue weighted by Gasteiger charge is 2.48. The number of nitrogens with one attached hydrogen (secondary N) is 1. The summed E-state index contributed by atoms with van der Waals surface area (Å²) >= 11 is 5.95. The molecule has 1 N–H and O–H groups in total. The van der Waals surface area contributed by atoms with E-state index in [4.69, 9.17) is 25.8 Å². The second-order valence-electron chi connectivity index (χ2n) is 10.0. The molecular weight excluding hydrogens is 553 g/mol. The molecule has 1 aliphatic heterocycles. The third-order valence-electron chi connectivity index (χ3n) is 7.58. The van der Waals surface area contributed by atoms with E-state index in [9.17, 15) is 18.0 Å². The lowest BCUT2D eigenvalue weighted by molar-refractivity contribution is -0.198. The highest BCUT2D eigenvalue weighted by molar-refractivity contribution is 6.28. The number of anilines is 2. The largest absolute Gasteiger partial charge is 0.413 e. The van der Waals surface area contributed by atoms with Crippen molar-refractivity contribution in [2.75, 3.05) is 32.7 Å². The Morgan fingerprint density at radius 3 is 2.48 bits per heavy atom. The van der Waals surface area contributed by atoms with Crippen LogP contribution in [0.5, 0.6) is 0 Å². The second-order valence-corrected chi connectivity index (χ2v) is 10.4. The van der Waals surface area contributed by atoms with Gasteiger partial charge in [0.2, 0.25) is 11.2 Å². The molecule has 14 heteroatoms. The summed E-state index contributed by atoms with van der Waals surface area (Å²) in [5, 5.41) is 7.33. The lowest BCUT2D eigenvalue weighted by atomic mass is 9.84. The van der Waals surface area contributed by atoms with E-state index in [0.29, 0.717) is 56.0 Å². The minimum absolute atomic E-state index is 0.0170. The zero-order chi connectivity index (χ0) is 28.7. The molecule has 2 atom stereocenters. The maximum atomic E-state index is 14.3. The third-order valence-corrected chi connectivity index (χ3v) is 7.74. The molecule has 0 radical (unpaired) electrons. The van der Waals surface area contributed by atoms with E-state index in [1.165, 1.54) is 49.1 Å². The highest BCUT2D eigenvalue weighted by Crippen LogP contribution is 2.42. The molecule has 1 amide bonds. The Morgan fingerprint density at radius 1 is 1.23 bits per heavy atom. The van der Waals surface area contributed by atoms with Crippen LogP contribution >= 0.6 is 11.6 Å². The van der Waals surface area contributed by atoms with Gasteiger partial charge in [0.15, 0.2) is 11.8 Å². The number of aromatic nitrogens is 4. The summed E-state index contributed by atoms with van der Waals surface area (Å²) in [6.45, 7) is 2.79. The normalized spacial score (nSPS) is 19.2. The molecule has 5 rings (SSSR count). The van der Waals surface area contributed by atoms with Crippen molar-refractivity contribution >= 4 is 34.7 Å². The molecule has 1 spiro atoms. The summed E-state index contributed by atoms with van der Waals surface area (Å²) in [7, 11) is 2.74. The van der Waals surface area contributed by atoms with Crippen LogP contribution < -0.4 is 5.32 Å². The first kappa shape index (κ1) is 28.5. The van der Waals surface area contributed by atoms with Crippen molar-refractivity contribution in [3.05, 3.63) is 47.0 Å². The number of nitrogens with zero attached hydrogens (tertiary/aromatic N) is 5. The molecule has 1 aliphatic carbocycles. The molecule has 1 saturated carbocycles. The predicted molar refractivity (Wildman–Crippen MR) is 139 cm³/mol. The van der Waals surface area contributed by atoms with Gasteiger partial charge in [0, 0.05) is 38.6 Å². The van der Waals surface area contributed by atoms with Crippen LogP contribution in [0.1, 0.15) is 56.0 Å². The van der Waals surface area contributed by atoms with E-state index in [-0.39, 0.29) is 16.6 Å². The quantitative estimate of drug-likeness (QED) is 0.404. The minimum Gasteiger partial charge on any atom is -0.375 e. The van der Waals surface area contributed by atoms with Crippen molar-refractivity contribution in [2.24, 2.45) is 5.92 Å². The second kappa shape index (κ2) is 11.1. The van der Waals surface area contributed by atoms with Crippen LogP contribution in [0.2, 0.25) is 5.28 Å². The zero-order valence-corrected chi connectivity index (χ0v) is 23.0. The van der Waals surface area contributed by atoms with Gasteiger partial charge in [-0.2, -0.15) is 22.7 Å². The van der Waals surface area contributed by atoms with Gasteiger partial charge < -0.3 is 24.4 Å². The van der Waals surface area contributed by atoms with E-state index in [1.54, 1.807) is 6.92 Å². The highest BCUT2D eigenvalue weighted by atomic mass is 35.5. The number of amides is 1. The van der Waals surface area contributed by atoms with Crippen molar-refractivity contribution < 1.29 is 32.2 Å². The molecule has 1 saturated heterocycles. The van der Waals surface area contributed by atoms with Crippen LogP contribution in [0.3, 0.4) is 0 Å². The number of hydrogen-bond acceptors (Lipinski definition) is 8. The molecule has 2 aromatic heterocycles. The maximum Gasteiger partial charge on any atom is 0.413 e. The van der Waals surface area contributed by atoms with E-state index >= 15 is 0 Å². The van der Waals surface area contributed by atoms with Crippen molar-refractivity contribution in [1.29, 1.82) is 0 Å². The minimum atomic E-state index is -4.67. The summed E-state index contributed by atoms with van der Waals surface area (Å²) in [4.78, 5) is 22.3. The summed E-state index contributed by atoms with van der Waals surface area (Å²) in [6, 6.07) is 3.66. The number of fused-ring (bicyclic) bond motifs is 1. The van der Waals surface area contributed by atoms with Gasteiger partial charge in [-0.1, -0.05) is 12.1 Å². The van der Waals surface area contributed by atoms with Crippen molar-refractivity contribution in [3.8, 4) is 0 Å². The van der Waals surface area contributed by atoms with E-state index in [2.05, 4.69) is 20.4 Å². The number of carbonyl (C=O) groups is 1. The first-order valence-electron chi connectivity index (χ1n) is 12.9. The number of carbonyl (C=O) groups excluding carboxylic acids is 1. The summed E-state index contributed by atoms with van der Waals surface area (Å²) < 4.78 is 61.2. The lowest BCUT2D eigenvalue weighted by Gasteiger charge is -2.38. The molecule has 1 aromatic carbocycles. The Kier molecular flexibility index (Phi) is 7.92. The molecule has 0 bridgehead atoms. The summed E-state index contributed by atoms with van der Waals surface area (Å²) in [6.07, 6.45) is -1.78. The number of methoxy groups -OCH3 is 1. The molecule has 2 fully saturated rings. The van der Waals surface area contributed by atoms with Crippen molar-refractivity contribution in [1.82, 2.24) is 24.5 Å². The first-order valence-corrected chi connectivity index (χ1v) is 13.3. The molecule has 216 valence electrons. The molecule has 2 aliphatic rings. The number of ether oxygens (including phenoxy) is 3. The molecular formula is C26H30ClF3N6O4. The topological polar surface area (TPSA) is 103 Å². The van der Waals surface area contributed by atoms with Gasteiger partial charge in [0.1, 0.15) is 0 Å². The zero-order valence-electron chi connectivity index (χ0n) is 22.2. The average molecular weight is 583 g/mol. The van der Waals surface area contributed by atoms with E-state index in [1.807, 2.05) is 0 Å². The van der Waals surface area contributed by atoms with Gasteiger partial charge in [-0.05, 0) is 49.1 Å². The lowest BCUT2D eigenvalue weighted by Crippen LogP contribution is -2.45. The van der Waals surface area contributed by atoms with Crippen LogP contribution in [0.4, 0.5) is 24.5 Å². The standard InChI is InChI=1S/C26H30ClF3N6O4/c1-15(38-3)20-19(14-31-24-33-23(27)34-36(20)24)32-18-6-4-16(5-7-18)21(26(28,29)30)35(2)22(37)17-8-10-25(11-9-17)39-12-13-40-25/h4-7,14-15,17,21,32H,8-13H2,1-3H3/t15-,21-/m0/s1. The molecule has 0 unspecified atom stereocenters. The summed E-state index contributed by atoms with van der Waals surface area (Å²) in [5.74, 6) is -1.48. The van der Waals surface area contributed by atoms with E-state index in [0.717, 1.165) is 4.90 Å². The van der Waals surface area contributed by atoms with Gasteiger partial charge >= 0.3 is 6.18 Å². The van der Waals surface area contributed by atoms with Gasteiger partial charge in [-0.15, -0.1) is 5.10 Å². The van der Waals surface area contributed by atoms with Gasteiger partial charge in [0.05, 0.1) is 36.9 Å². The fourth-order valence-electron chi connectivity index (χ4n) is 5.47. The summed E-state index contributed by atoms with van der Waals surface area (Å²) in [5.41, 5.74) is 1.55. The van der Waals surface area contributed by atoms with Gasteiger partial charge in [0.25, 0.3) is 5.78 Å². The fraction of sp³-hybridized carbons (Fsp3) is 0.538. The van der Waals surface area contributed by atoms with Crippen LogP contribution in [-0.2, 0) is 19.0 Å². The van der Waals surface area contributed by atoms with Crippen LogP contribution in [0.15, 0.2) is 30.5 Å². The number of hydrogen-bond donors (Lipinski definition) is 1. The van der Waals surface area contributed by atoms with Crippen LogP contribution in [-0.4, -0.2) is 69.7 Å². The maximum absolute atomic E-state index is 14.3. The van der Waals surface area contributed by atoms with Gasteiger partial charge in [-0.3, -0.25) is 4.79 Å². The Balaban J connectivity index is 1.34. The van der Waals surface area contributed by atoms with Crippen LogP contribution in [0.25, 0.3) is 5.78 Å².